The normalized spacial score (nSPS) is 11.0. The lowest BCUT2D eigenvalue weighted by atomic mass is 10.1. The van der Waals surface area contributed by atoms with E-state index in [1.807, 2.05) is 66.9 Å². The van der Waals surface area contributed by atoms with Crippen LogP contribution in [0.25, 0.3) is 27.2 Å². The van der Waals surface area contributed by atoms with Crippen LogP contribution in [0.3, 0.4) is 0 Å². The van der Waals surface area contributed by atoms with Crippen molar-refractivity contribution in [3.63, 3.8) is 0 Å². The van der Waals surface area contributed by atoms with Crippen LogP contribution in [-0.4, -0.2) is 32.3 Å². The van der Waals surface area contributed by atoms with Crippen molar-refractivity contribution in [1.82, 2.24) is 19.3 Å². The van der Waals surface area contributed by atoms with Crippen molar-refractivity contribution in [3.8, 4) is 22.7 Å². The van der Waals surface area contributed by atoms with Gasteiger partial charge in [0.05, 0.1) is 30.2 Å². The Balaban J connectivity index is 1.42. The smallest absolute Gasteiger partial charge is 0.262 e. The number of hydrogen-bond donors (Lipinski definition) is 1. The number of hydrogen-bond acceptors (Lipinski definition) is 6. The van der Waals surface area contributed by atoms with Crippen molar-refractivity contribution < 1.29 is 9.53 Å². The first kappa shape index (κ1) is 22.5. The van der Waals surface area contributed by atoms with Gasteiger partial charge < -0.3 is 10.1 Å². The molecule has 0 radical (unpaired) electrons. The Kier molecular flexibility index (Phi) is 6.15. The molecule has 0 unspecified atom stereocenters. The standard InChI is InChI=1S/C26H23N5O3S/c1-17-7-9-18(10-8-17)31-23(15-21(29-31)19-5-3-4-6-22(19)34-2)28-24(32)11-13-30-16-27-25-20(26(30)33)12-14-35-25/h3-10,12,14-16H,11,13H2,1-2H3,(H,28,32). The fraction of sp³-hybridized carbons (Fsp3) is 0.154. The second kappa shape index (κ2) is 9.55. The lowest BCUT2D eigenvalue weighted by molar-refractivity contribution is -0.116. The molecule has 1 N–H and O–H groups in total. The number of carbonyl (C=O) groups is 1. The van der Waals surface area contributed by atoms with Gasteiger partial charge in [-0.3, -0.25) is 14.2 Å². The van der Waals surface area contributed by atoms with Gasteiger partial charge >= 0.3 is 0 Å². The van der Waals surface area contributed by atoms with Crippen LogP contribution in [0.5, 0.6) is 5.75 Å². The average Bonchev–Trinajstić information content (AvgIpc) is 3.52. The maximum atomic E-state index is 12.9. The molecule has 3 heterocycles. The molecule has 176 valence electrons. The van der Waals surface area contributed by atoms with Crippen LogP contribution in [-0.2, 0) is 11.3 Å². The predicted octanol–water partition coefficient (Wildman–Crippen LogP) is 4.66. The third-order valence-corrected chi connectivity index (χ3v) is 6.49. The SMILES string of the molecule is COc1ccccc1-c1cc(NC(=O)CCn2cnc3sccc3c2=O)n(-c2ccc(C)cc2)n1. The van der Waals surface area contributed by atoms with E-state index in [4.69, 9.17) is 9.84 Å². The second-order valence-electron chi connectivity index (χ2n) is 8.04. The van der Waals surface area contributed by atoms with Crippen LogP contribution in [0.15, 0.2) is 77.2 Å². The molecule has 0 bridgehead atoms. The molecule has 0 aliphatic rings. The summed E-state index contributed by atoms with van der Waals surface area (Å²) < 4.78 is 8.66. The molecule has 5 rings (SSSR count). The molecule has 0 aliphatic carbocycles. The first-order valence-corrected chi connectivity index (χ1v) is 11.9. The Morgan fingerprint density at radius 2 is 1.91 bits per heavy atom. The zero-order valence-electron chi connectivity index (χ0n) is 19.3. The molecule has 0 saturated heterocycles. The lowest BCUT2D eigenvalue weighted by Gasteiger charge is -2.10. The van der Waals surface area contributed by atoms with E-state index in [0.717, 1.165) is 16.8 Å². The highest BCUT2D eigenvalue weighted by Crippen LogP contribution is 2.31. The molecule has 9 heteroatoms. The molecule has 0 fully saturated rings. The van der Waals surface area contributed by atoms with Gasteiger partial charge in [-0.2, -0.15) is 5.10 Å². The van der Waals surface area contributed by atoms with Gasteiger partial charge in [-0.05, 0) is 42.6 Å². The summed E-state index contributed by atoms with van der Waals surface area (Å²) in [6.07, 6.45) is 1.60. The van der Waals surface area contributed by atoms with Crippen molar-refractivity contribution in [2.45, 2.75) is 19.9 Å². The quantitative estimate of drug-likeness (QED) is 0.362. The number of amides is 1. The minimum atomic E-state index is -0.234. The number of rotatable bonds is 7. The zero-order valence-corrected chi connectivity index (χ0v) is 20.1. The number of aryl methyl sites for hydroxylation is 2. The number of benzene rings is 2. The van der Waals surface area contributed by atoms with E-state index in [1.165, 1.54) is 22.2 Å². The van der Waals surface area contributed by atoms with E-state index in [9.17, 15) is 9.59 Å². The molecule has 2 aromatic carbocycles. The predicted molar refractivity (Wildman–Crippen MR) is 137 cm³/mol. The third kappa shape index (κ3) is 4.58. The Bertz CT molecular complexity index is 1570. The molecule has 5 aromatic rings. The van der Waals surface area contributed by atoms with Gasteiger partial charge in [-0.15, -0.1) is 11.3 Å². The number of carbonyl (C=O) groups excluding carboxylic acids is 1. The summed E-state index contributed by atoms with van der Waals surface area (Å²) in [4.78, 5) is 30.5. The van der Waals surface area contributed by atoms with Gasteiger partial charge in [0.1, 0.15) is 16.4 Å². The highest BCUT2D eigenvalue weighted by atomic mass is 32.1. The van der Waals surface area contributed by atoms with Gasteiger partial charge in [-0.25, -0.2) is 9.67 Å². The minimum absolute atomic E-state index is 0.111. The molecule has 1 amide bonds. The first-order valence-electron chi connectivity index (χ1n) is 11.1. The van der Waals surface area contributed by atoms with Gasteiger partial charge in [0.15, 0.2) is 0 Å². The van der Waals surface area contributed by atoms with Gasteiger partial charge in [0.25, 0.3) is 5.56 Å². The third-order valence-electron chi connectivity index (χ3n) is 5.67. The van der Waals surface area contributed by atoms with Crippen molar-refractivity contribution in [2.75, 3.05) is 12.4 Å². The molecule has 0 atom stereocenters. The molecule has 0 aliphatic heterocycles. The van der Waals surface area contributed by atoms with Crippen molar-refractivity contribution in [2.24, 2.45) is 0 Å². The number of ether oxygens (including phenoxy) is 1. The van der Waals surface area contributed by atoms with Crippen LogP contribution >= 0.6 is 11.3 Å². The van der Waals surface area contributed by atoms with Crippen LogP contribution in [0.4, 0.5) is 5.82 Å². The molecule has 3 aromatic heterocycles. The highest BCUT2D eigenvalue weighted by Gasteiger charge is 2.16. The van der Waals surface area contributed by atoms with E-state index in [-0.39, 0.29) is 24.4 Å². The van der Waals surface area contributed by atoms with Gasteiger partial charge in [0.2, 0.25) is 5.91 Å². The Labute approximate surface area is 205 Å². The summed E-state index contributed by atoms with van der Waals surface area (Å²) in [5, 5.41) is 10.1. The maximum Gasteiger partial charge on any atom is 0.262 e. The summed E-state index contributed by atoms with van der Waals surface area (Å²) >= 11 is 1.42. The van der Waals surface area contributed by atoms with Crippen LogP contribution in [0.2, 0.25) is 0 Å². The number of aromatic nitrogens is 4. The minimum Gasteiger partial charge on any atom is -0.496 e. The molecule has 0 saturated carbocycles. The maximum absolute atomic E-state index is 12.9. The van der Waals surface area contributed by atoms with E-state index in [2.05, 4.69) is 10.3 Å². The monoisotopic (exact) mass is 485 g/mol. The highest BCUT2D eigenvalue weighted by molar-refractivity contribution is 7.16. The van der Waals surface area contributed by atoms with E-state index in [1.54, 1.807) is 17.9 Å². The number of methoxy groups -OCH3 is 1. The number of para-hydroxylation sites is 1. The van der Waals surface area contributed by atoms with Gasteiger partial charge in [-0.1, -0.05) is 29.8 Å². The van der Waals surface area contributed by atoms with Crippen LogP contribution in [0, 0.1) is 6.92 Å². The van der Waals surface area contributed by atoms with Crippen LogP contribution in [0.1, 0.15) is 12.0 Å². The summed E-state index contributed by atoms with van der Waals surface area (Å²) in [6, 6.07) is 19.1. The Morgan fingerprint density at radius 3 is 2.71 bits per heavy atom. The number of anilines is 1. The summed E-state index contributed by atoms with van der Waals surface area (Å²) in [5.74, 6) is 0.982. The lowest BCUT2D eigenvalue weighted by Crippen LogP contribution is -2.23. The van der Waals surface area contributed by atoms with Crippen molar-refractivity contribution in [3.05, 3.63) is 88.3 Å². The van der Waals surface area contributed by atoms with Crippen LogP contribution < -0.4 is 15.6 Å². The molecular formula is C26H23N5O3S. The molecular weight excluding hydrogens is 462 g/mol. The topological polar surface area (TPSA) is 91.0 Å². The largest absolute Gasteiger partial charge is 0.496 e. The van der Waals surface area contributed by atoms with Crippen molar-refractivity contribution in [1.29, 1.82) is 0 Å². The van der Waals surface area contributed by atoms with E-state index < -0.39 is 0 Å². The summed E-state index contributed by atoms with van der Waals surface area (Å²) in [5.41, 5.74) is 3.28. The molecule has 0 spiro atoms. The molecule has 35 heavy (non-hydrogen) atoms. The van der Waals surface area contributed by atoms with Gasteiger partial charge in [0, 0.05) is 24.6 Å². The fourth-order valence-electron chi connectivity index (χ4n) is 3.82. The number of thiophene rings is 1. The van der Waals surface area contributed by atoms with Crippen molar-refractivity contribution >= 4 is 33.3 Å². The Morgan fingerprint density at radius 1 is 1.11 bits per heavy atom. The van der Waals surface area contributed by atoms with E-state index >= 15 is 0 Å². The fourth-order valence-corrected chi connectivity index (χ4v) is 4.54. The number of nitrogens with one attached hydrogen (secondary N) is 1. The summed E-state index contributed by atoms with van der Waals surface area (Å²) in [6.45, 7) is 2.24. The first-order chi connectivity index (χ1) is 17.0. The molecule has 8 nitrogen and oxygen atoms in total. The Hall–Kier alpha value is -4.24. The average molecular weight is 486 g/mol. The number of nitrogens with zero attached hydrogens (tertiary/aromatic N) is 4. The summed E-state index contributed by atoms with van der Waals surface area (Å²) in [7, 11) is 1.61. The number of fused-ring (bicyclic) bond motifs is 1. The van der Waals surface area contributed by atoms with E-state index in [0.29, 0.717) is 27.5 Å². The second-order valence-corrected chi connectivity index (χ2v) is 8.94. The zero-order chi connectivity index (χ0) is 24.4.